The van der Waals surface area contributed by atoms with Crippen LogP contribution in [0.2, 0.25) is 0 Å². The van der Waals surface area contributed by atoms with Crippen molar-refractivity contribution in [2.75, 3.05) is 20.8 Å². The van der Waals surface area contributed by atoms with Crippen molar-refractivity contribution >= 4 is 15.9 Å². The van der Waals surface area contributed by atoms with E-state index in [1.54, 1.807) is 14.2 Å². The van der Waals surface area contributed by atoms with Crippen molar-refractivity contribution in [2.45, 2.75) is 27.3 Å². The Bertz CT molecular complexity index is 407. The van der Waals surface area contributed by atoms with Crippen molar-refractivity contribution < 1.29 is 9.47 Å². The zero-order valence-electron chi connectivity index (χ0n) is 12.4. The number of hydrogen-bond donors (Lipinski definition) is 1. The smallest absolute Gasteiger partial charge is 0.174 e. The van der Waals surface area contributed by atoms with Crippen LogP contribution in [0.4, 0.5) is 0 Å². The molecular formula is C15H24BrNO2. The SMILES string of the molecule is COc1cc(CNCC(C)C(C)C)cc(Br)c1OC. The van der Waals surface area contributed by atoms with E-state index in [1.807, 2.05) is 6.07 Å². The minimum atomic E-state index is 0.670. The third kappa shape index (κ3) is 4.69. The summed E-state index contributed by atoms with van der Waals surface area (Å²) < 4.78 is 11.6. The lowest BCUT2D eigenvalue weighted by Gasteiger charge is -2.17. The van der Waals surface area contributed by atoms with Crippen LogP contribution in [0, 0.1) is 11.8 Å². The third-order valence-corrected chi connectivity index (χ3v) is 4.02. The molecule has 0 aromatic heterocycles. The first kappa shape index (κ1) is 16.3. The molecule has 0 amide bonds. The second kappa shape index (κ2) is 7.75. The zero-order chi connectivity index (χ0) is 14.4. The lowest BCUT2D eigenvalue weighted by Crippen LogP contribution is -2.23. The van der Waals surface area contributed by atoms with Gasteiger partial charge in [0, 0.05) is 6.54 Å². The summed E-state index contributed by atoms with van der Waals surface area (Å²) in [6.45, 7) is 8.61. The Kier molecular flexibility index (Phi) is 6.66. The molecule has 0 spiro atoms. The molecule has 0 radical (unpaired) electrons. The van der Waals surface area contributed by atoms with E-state index in [4.69, 9.17) is 9.47 Å². The van der Waals surface area contributed by atoms with Gasteiger partial charge in [-0.15, -0.1) is 0 Å². The molecule has 0 saturated carbocycles. The number of methoxy groups -OCH3 is 2. The highest BCUT2D eigenvalue weighted by molar-refractivity contribution is 9.10. The average molecular weight is 330 g/mol. The second-order valence-electron chi connectivity index (χ2n) is 5.17. The van der Waals surface area contributed by atoms with E-state index in [0.29, 0.717) is 11.8 Å². The fraction of sp³-hybridized carbons (Fsp3) is 0.600. The predicted octanol–water partition coefficient (Wildman–Crippen LogP) is 3.85. The average Bonchev–Trinajstić information content (AvgIpc) is 2.37. The molecular weight excluding hydrogens is 306 g/mol. The van der Waals surface area contributed by atoms with Gasteiger partial charge in [0.25, 0.3) is 0 Å². The molecule has 0 saturated heterocycles. The molecule has 1 N–H and O–H groups in total. The zero-order valence-corrected chi connectivity index (χ0v) is 14.0. The van der Waals surface area contributed by atoms with Gasteiger partial charge in [0.15, 0.2) is 11.5 Å². The van der Waals surface area contributed by atoms with Gasteiger partial charge in [0.1, 0.15) is 0 Å². The van der Waals surface area contributed by atoms with Crippen molar-refractivity contribution in [1.29, 1.82) is 0 Å². The second-order valence-corrected chi connectivity index (χ2v) is 6.02. The van der Waals surface area contributed by atoms with Crippen LogP contribution in [0.5, 0.6) is 11.5 Å². The minimum absolute atomic E-state index is 0.670. The van der Waals surface area contributed by atoms with Gasteiger partial charge < -0.3 is 14.8 Å². The Morgan fingerprint density at radius 1 is 1.16 bits per heavy atom. The lowest BCUT2D eigenvalue weighted by atomic mass is 9.98. The van der Waals surface area contributed by atoms with E-state index in [-0.39, 0.29) is 0 Å². The van der Waals surface area contributed by atoms with Crippen molar-refractivity contribution in [3.05, 3.63) is 22.2 Å². The van der Waals surface area contributed by atoms with Crippen LogP contribution in [0.1, 0.15) is 26.3 Å². The molecule has 3 nitrogen and oxygen atoms in total. The van der Waals surface area contributed by atoms with E-state index < -0.39 is 0 Å². The van der Waals surface area contributed by atoms with Crippen LogP contribution in [-0.4, -0.2) is 20.8 Å². The van der Waals surface area contributed by atoms with Gasteiger partial charge in [0.2, 0.25) is 0 Å². The van der Waals surface area contributed by atoms with Crippen LogP contribution < -0.4 is 14.8 Å². The molecule has 0 aliphatic carbocycles. The number of rotatable bonds is 7. The summed E-state index contributed by atoms with van der Waals surface area (Å²) >= 11 is 3.51. The molecule has 0 heterocycles. The fourth-order valence-electron chi connectivity index (χ4n) is 1.75. The van der Waals surface area contributed by atoms with Gasteiger partial charge in [-0.3, -0.25) is 0 Å². The van der Waals surface area contributed by atoms with Crippen LogP contribution >= 0.6 is 15.9 Å². The summed E-state index contributed by atoms with van der Waals surface area (Å²) in [7, 11) is 3.30. The summed E-state index contributed by atoms with van der Waals surface area (Å²) in [5.41, 5.74) is 1.18. The highest BCUT2D eigenvalue weighted by Crippen LogP contribution is 2.36. The van der Waals surface area contributed by atoms with Crippen LogP contribution in [0.25, 0.3) is 0 Å². The Balaban J connectivity index is 2.67. The van der Waals surface area contributed by atoms with Gasteiger partial charge in [-0.2, -0.15) is 0 Å². The Morgan fingerprint density at radius 3 is 2.37 bits per heavy atom. The number of ether oxygens (including phenoxy) is 2. The first-order valence-corrected chi connectivity index (χ1v) is 7.40. The molecule has 1 aromatic carbocycles. The maximum absolute atomic E-state index is 5.34. The molecule has 19 heavy (non-hydrogen) atoms. The Labute approximate surface area is 124 Å². The molecule has 1 aromatic rings. The summed E-state index contributed by atoms with van der Waals surface area (Å²) in [4.78, 5) is 0. The first-order chi connectivity index (χ1) is 8.99. The molecule has 1 atom stereocenters. The fourth-order valence-corrected chi connectivity index (χ4v) is 2.40. The highest BCUT2D eigenvalue weighted by Gasteiger charge is 2.11. The van der Waals surface area contributed by atoms with Gasteiger partial charge in [-0.1, -0.05) is 20.8 Å². The molecule has 1 rings (SSSR count). The summed E-state index contributed by atoms with van der Waals surface area (Å²) in [5.74, 6) is 2.86. The van der Waals surface area contributed by atoms with Gasteiger partial charge in [0.05, 0.1) is 18.7 Å². The molecule has 4 heteroatoms. The van der Waals surface area contributed by atoms with E-state index in [0.717, 1.165) is 29.1 Å². The van der Waals surface area contributed by atoms with E-state index in [1.165, 1.54) is 5.56 Å². The van der Waals surface area contributed by atoms with Gasteiger partial charge in [-0.05, 0) is 52.0 Å². The molecule has 0 fully saturated rings. The minimum Gasteiger partial charge on any atom is -0.493 e. The largest absolute Gasteiger partial charge is 0.493 e. The number of benzene rings is 1. The number of halogens is 1. The standard InChI is InChI=1S/C15H24BrNO2/c1-10(2)11(3)8-17-9-12-6-13(16)15(19-5)14(7-12)18-4/h6-7,10-11,17H,8-9H2,1-5H3. The topological polar surface area (TPSA) is 30.5 Å². The van der Waals surface area contributed by atoms with Crippen molar-refractivity contribution in [2.24, 2.45) is 11.8 Å². The summed E-state index contributed by atoms with van der Waals surface area (Å²) in [6, 6.07) is 4.07. The summed E-state index contributed by atoms with van der Waals surface area (Å²) in [6.07, 6.45) is 0. The van der Waals surface area contributed by atoms with Crippen molar-refractivity contribution in [3.63, 3.8) is 0 Å². The summed E-state index contributed by atoms with van der Waals surface area (Å²) in [5, 5.41) is 3.48. The van der Waals surface area contributed by atoms with E-state index in [9.17, 15) is 0 Å². The Hall–Kier alpha value is -0.740. The molecule has 0 aliphatic heterocycles. The maximum atomic E-state index is 5.34. The highest BCUT2D eigenvalue weighted by atomic mass is 79.9. The monoisotopic (exact) mass is 329 g/mol. The lowest BCUT2D eigenvalue weighted by molar-refractivity contribution is 0.352. The van der Waals surface area contributed by atoms with Crippen LogP contribution in [-0.2, 0) is 6.54 Å². The quantitative estimate of drug-likeness (QED) is 0.824. The van der Waals surface area contributed by atoms with E-state index in [2.05, 4.69) is 48.1 Å². The van der Waals surface area contributed by atoms with Crippen molar-refractivity contribution in [1.82, 2.24) is 5.32 Å². The predicted molar refractivity (Wildman–Crippen MR) is 83.0 cm³/mol. The molecule has 0 bridgehead atoms. The third-order valence-electron chi connectivity index (χ3n) is 3.43. The molecule has 0 aliphatic rings. The molecule has 108 valence electrons. The maximum Gasteiger partial charge on any atom is 0.174 e. The number of hydrogen-bond acceptors (Lipinski definition) is 3. The van der Waals surface area contributed by atoms with E-state index >= 15 is 0 Å². The van der Waals surface area contributed by atoms with Gasteiger partial charge >= 0.3 is 0 Å². The van der Waals surface area contributed by atoms with Crippen LogP contribution in [0.15, 0.2) is 16.6 Å². The van der Waals surface area contributed by atoms with Crippen LogP contribution in [0.3, 0.4) is 0 Å². The molecule has 1 unspecified atom stereocenters. The normalized spacial score (nSPS) is 12.6. The van der Waals surface area contributed by atoms with Gasteiger partial charge in [-0.25, -0.2) is 0 Å². The number of nitrogens with one attached hydrogen (secondary N) is 1. The first-order valence-electron chi connectivity index (χ1n) is 6.60. The Morgan fingerprint density at radius 2 is 1.84 bits per heavy atom. The van der Waals surface area contributed by atoms with Crippen molar-refractivity contribution in [3.8, 4) is 11.5 Å².